The summed E-state index contributed by atoms with van der Waals surface area (Å²) >= 11 is 3.38. The minimum absolute atomic E-state index is 0.0904. The maximum Gasteiger partial charge on any atom is 0.230 e. The number of rotatable bonds is 1. The highest BCUT2D eigenvalue weighted by atomic mass is 79.9. The van der Waals surface area contributed by atoms with Crippen molar-refractivity contribution >= 4 is 38.9 Å². The molecular formula is C13H9BrN4O. The Hall–Kier alpha value is -2.08. The van der Waals surface area contributed by atoms with Crippen molar-refractivity contribution in [2.75, 3.05) is 5.32 Å². The minimum Gasteiger partial charge on any atom is -0.324 e. The predicted octanol–water partition coefficient (Wildman–Crippen LogP) is 2.70. The number of hydrogen-bond acceptors (Lipinski definition) is 4. The molecule has 0 aliphatic carbocycles. The van der Waals surface area contributed by atoms with Crippen molar-refractivity contribution in [2.45, 2.75) is 6.42 Å². The van der Waals surface area contributed by atoms with Crippen molar-refractivity contribution < 1.29 is 4.79 Å². The molecule has 6 heteroatoms. The molecule has 1 aliphatic heterocycles. The Kier molecular flexibility index (Phi) is 3.08. The highest BCUT2D eigenvalue weighted by Gasteiger charge is 2.17. The molecule has 94 valence electrons. The van der Waals surface area contributed by atoms with Gasteiger partial charge in [-0.15, -0.1) is 0 Å². The first-order valence-corrected chi connectivity index (χ1v) is 6.46. The van der Waals surface area contributed by atoms with Gasteiger partial charge in [0, 0.05) is 10.0 Å². The fraction of sp³-hybridized carbons (Fsp3) is 0.0769. The zero-order valence-electron chi connectivity index (χ0n) is 9.80. The number of aromatic nitrogens is 2. The third kappa shape index (κ3) is 2.53. The van der Waals surface area contributed by atoms with Gasteiger partial charge in [0.1, 0.15) is 0 Å². The lowest BCUT2D eigenvalue weighted by Gasteiger charge is -2.04. The Labute approximate surface area is 117 Å². The number of aliphatic imine (C=N–C) groups is 1. The number of carbonyl (C=O) groups is 1. The Balaban J connectivity index is 2.11. The van der Waals surface area contributed by atoms with Crippen LogP contribution in [-0.2, 0) is 4.79 Å². The number of carbonyl (C=O) groups excluding carboxylic acids is 1. The summed E-state index contributed by atoms with van der Waals surface area (Å²) in [5.41, 5.74) is 2.94. The van der Waals surface area contributed by atoms with Crippen molar-refractivity contribution in [3.05, 3.63) is 46.7 Å². The number of fused-ring (bicyclic) bond motifs is 1. The lowest BCUT2D eigenvalue weighted by molar-refractivity contribution is -0.115. The highest BCUT2D eigenvalue weighted by molar-refractivity contribution is 9.10. The van der Waals surface area contributed by atoms with Crippen LogP contribution in [0.15, 0.2) is 46.1 Å². The Morgan fingerprint density at radius 1 is 1.21 bits per heavy atom. The number of hydrogen-bond donors (Lipinski definition) is 1. The van der Waals surface area contributed by atoms with E-state index in [1.54, 1.807) is 18.5 Å². The molecule has 0 radical (unpaired) electrons. The number of nitrogens with one attached hydrogen (secondary N) is 1. The van der Waals surface area contributed by atoms with Gasteiger partial charge in [-0.05, 0) is 24.3 Å². The van der Waals surface area contributed by atoms with E-state index in [1.807, 2.05) is 18.2 Å². The van der Waals surface area contributed by atoms with E-state index in [1.165, 1.54) is 0 Å². The summed E-state index contributed by atoms with van der Waals surface area (Å²) in [6, 6.07) is 7.38. The van der Waals surface area contributed by atoms with Crippen LogP contribution < -0.4 is 5.32 Å². The third-order valence-electron chi connectivity index (χ3n) is 2.73. The van der Waals surface area contributed by atoms with Gasteiger partial charge < -0.3 is 5.32 Å². The van der Waals surface area contributed by atoms with Crippen LogP contribution in [0.1, 0.15) is 12.0 Å². The van der Waals surface area contributed by atoms with Gasteiger partial charge in [0.15, 0.2) is 0 Å². The van der Waals surface area contributed by atoms with Crippen LogP contribution >= 0.6 is 15.9 Å². The third-order valence-corrected chi connectivity index (χ3v) is 3.23. The van der Waals surface area contributed by atoms with E-state index in [9.17, 15) is 4.79 Å². The summed E-state index contributed by atoms with van der Waals surface area (Å²) in [5, 5.41) is 10.4. The van der Waals surface area contributed by atoms with Gasteiger partial charge in [0.05, 0.1) is 35.9 Å². The molecule has 1 N–H and O–H groups in total. The normalized spacial score (nSPS) is 14.2. The maximum atomic E-state index is 11.9. The van der Waals surface area contributed by atoms with E-state index >= 15 is 0 Å². The average Bonchev–Trinajstić information content (AvgIpc) is 2.57. The van der Waals surface area contributed by atoms with Gasteiger partial charge in [-0.25, -0.2) is 0 Å². The molecule has 2 aromatic rings. The van der Waals surface area contributed by atoms with Crippen LogP contribution in [-0.4, -0.2) is 21.8 Å². The summed E-state index contributed by atoms with van der Waals surface area (Å²) in [6.07, 6.45) is 3.41. The van der Waals surface area contributed by atoms with Crippen LogP contribution in [0.3, 0.4) is 0 Å². The quantitative estimate of drug-likeness (QED) is 0.879. The summed E-state index contributed by atoms with van der Waals surface area (Å²) in [5.74, 6) is -0.0904. The van der Waals surface area contributed by atoms with Gasteiger partial charge in [-0.1, -0.05) is 15.9 Å². The number of halogens is 1. The lowest BCUT2D eigenvalue weighted by atomic mass is 10.1. The number of nitrogens with zero attached hydrogens (tertiary/aromatic N) is 3. The topological polar surface area (TPSA) is 67.2 Å². The van der Waals surface area contributed by atoms with Crippen LogP contribution in [0.2, 0.25) is 0 Å². The second-order valence-corrected chi connectivity index (χ2v) is 4.99. The van der Waals surface area contributed by atoms with E-state index in [0.717, 1.165) is 15.7 Å². The molecule has 0 bridgehead atoms. The maximum absolute atomic E-state index is 11.9. The molecule has 1 aromatic carbocycles. The van der Waals surface area contributed by atoms with E-state index in [2.05, 4.69) is 36.4 Å². The van der Waals surface area contributed by atoms with E-state index in [-0.39, 0.29) is 12.3 Å². The summed E-state index contributed by atoms with van der Waals surface area (Å²) in [4.78, 5) is 16.4. The first-order chi connectivity index (χ1) is 9.22. The minimum atomic E-state index is -0.0904. The van der Waals surface area contributed by atoms with E-state index < -0.39 is 0 Å². The molecule has 0 atom stereocenters. The highest BCUT2D eigenvalue weighted by Crippen LogP contribution is 2.31. The second kappa shape index (κ2) is 4.89. The molecule has 0 unspecified atom stereocenters. The molecule has 0 saturated heterocycles. The molecule has 2 heterocycles. The fourth-order valence-corrected chi connectivity index (χ4v) is 2.23. The SMILES string of the molecule is O=C1CC(c2ccnnc2)=Nc2ccc(Br)cc2N1. The summed E-state index contributed by atoms with van der Waals surface area (Å²) in [7, 11) is 0. The molecule has 0 spiro atoms. The van der Waals surface area contributed by atoms with Crippen LogP contribution in [0.4, 0.5) is 11.4 Å². The molecule has 5 nitrogen and oxygen atoms in total. The second-order valence-electron chi connectivity index (χ2n) is 4.08. The fourth-order valence-electron chi connectivity index (χ4n) is 1.87. The van der Waals surface area contributed by atoms with E-state index in [0.29, 0.717) is 11.4 Å². The Morgan fingerprint density at radius 3 is 2.89 bits per heavy atom. The molecule has 1 aromatic heterocycles. The monoisotopic (exact) mass is 316 g/mol. The van der Waals surface area contributed by atoms with Gasteiger partial charge in [-0.3, -0.25) is 9.79 Å². The zero-order valence-corrected chi connectivity index (χ0v) is 11.4. The zero-order chi connectivity index (χ0) is 13.2. The number of benzene rings is 1. The van der Waals surface area contributed by atoms with Crippen LogP contribution in [0.25, 0.3) is 0 Å². The number of anilines is 1. The summed E-state index contributed by atoms with van der Waals surface area (Å²) in [6.45, 7) is 0. The Morgan fingerprint density at radius 2 is 2.11 bits per heavy atom. The van der Waals surface area contributed by atoms with Gasteiger partial charge in [-0.2, -0.15) is 10.2 Å². The van der Waals surface area contributed by atoms with Crippen molar-refractivity contribution in [2.24, 2.45) is 4.99 Å². The molecular weight excluding hydrogens is 308 g/mol. The molecule has 0 fully saturated rings. The molecule has 3 rings (SSSR count). The van der Waals surface area contributed by atoms with Gasteiger partial charge >= 0.3 is 0 Å². The first-order valence-electron chi connectivity index (χ1n) is 5.66. The lowest BCUT2D eigenvalue weighted by Crippen LogP contribution is -2.15. The summed E-state index contributed by atoms with van der Waals surface area (Å²) < 4.78 is 0.899. The van der Waals surface area contributed by atoms with Gasteiger partial charge in [0.2, 0.25) is 5.91 Å². The Bertz CT molecular complexity index is 670. The van der Waals surface area contributed by atoms with E-state index in [4.69, 9.17) is 0 Å². The van der Waals surface area contributed by atoms with Crippen molar-refractivity contribution in [1.82, 2.24) is 10.2 Å². The molecule has 1 aliphatic rings. The van der Waals surface area contributed by atoms with Gasteiger partial charge in [0.25, 0.3) is 0 Å². The smallest absolute Gasteiger partial charge is 0.230 e. The largest absolute Gasteiger partial charge is 0.324 e. The van der Waals surface area contributed by atoms with Crippen LogP contribution in [0, 0.1) is 0 Å². The average molecular weight is 317 g/mol. The first kappa shape index (κ1) is 12.0. The predicted molar refractivity (Wildman–Crippen MR) is 75.6 cm³/mol. The van der Waals surface area contributed by atoms with Crippen molar-refractivity contribution in [3.63, 3.8) is 0 Å². The van der Waals surface area contributed by atoms with Crippen LogP contribution in [0.5, 0.6) is 0 Å². The van der Waals surface area contributed by atoms with Crippen molar-refractivity contribution in [3.8, 4) is 0 Å². The number of amides is 1. The standard InChI is InChI=1S/C13H9BrN4O/c14-9-1-2-10-12(5-9)18-13(19)6-11(17-10)8-3-4-15-16-7-8/h1-5,7H,6H2,(H,18,19). The molecule has 0 saturated carbocycles. The van der Waals surface area contributed by atoms with Crippen molar-refractivity contribution in [1.29, 1.82) is 0 Å². The molecule has 1 amide bonds. The molecule has 19 heavy (non-hydrogen) atoms.